The van der Waals surface area contributed by atoms with Crippen LogP contribution < -0.4 is 10.1 Å². The van der Waals surface area contributed by atoms with Crippen molar-refractivity contribution in [2.45, 2.75) is 19.3 Å². The largest absolute Gasteiger partial charge is 0.491 e. The number of hydrogen-bond acceptors (Lipinski definition) is 3. The number of ether oxygens (including phenoxy) is 1. The van der Waals surface area contributed by atoms with E-state index in [-0.39, 0.29) is 5.91 Å². The van der Waals surface area contributed by atoms with Crippen molar-refractivity contribution in [2.75, 3.05) is 33.3 Å². The first-order chi connectivity index (χ1) is 10.2. The highest BCUT2D eigenvalue weighted by molar-refractivity contribution is 6.32. The highest BCUT2D eigenvalue weighted by Gasteiger charge is 2.22. The second kappa shape index (κ2) is 8.25. The van der Waals surface area contributed by atoms with Crippen LogP contribution in [0.2, 0.25) is 5.02 Å². The quantitative estimate of drug-likeness (QED) is 0.878. The monoisotopic (exact) mass is 310 g/mol. The second-order valence-electron chi connectivity index (χ2n) is 5.43. The predicted octanol–water partition coefficient (Wildman–Crippen LogP) is 2.57. The minimum absolute atomic E-state index is 0.169. The van der Waals surface area contributed by atoms with Crippen molar-refractivity contribution in [3.63, 3.8) is 0 Å². The SMILES string of the molecule is CNCC1CCCN(C(=O)CCOc2ccccc2Cl)C1. The van der Waals surface area contributed by atoms with Crippen LogP contribution in [0.25, 0.3) is 0 Å². The Balaban J connectivity index is 1.75. The lowest BCUT2D eigenvalue weighted by Gasteiger charge is -2.32. The van der Waals surface area contributed by atoms with Gasteiger partial charge in [0, 0.05) is 13.1 Å². The molecule has 1 aliphatic rings. The number of para-hydroxylation sites is 1. The molecule has 0 bridgehead atoms. The summed E-state index contributed by atoms with van der Waals surface area (Å²) in [5.41, 5.74) is 0. The van der Waals surface area contributed by atoms with Gasteiger partial charge in [0.05, 0.1) is 18.1 Å². The zero-order valence-corrected chi connectivity index (χ0v) is 13.2. The fourth-order valence-electron chi connectivity index (χ4n) is 2.72. The maximum atomic E-state index is 12.2. The first-order valence-electron chi connectivity index (χ1n) is 7.50. The summed E-state index contributed by atoms with van der Waals surface area (Å²) in [6.45, 7) is 3.06. The molecule has 1 N–H and O–H groups in total. The number of halogens is 1. The summed E-state index contributed by atoms with van der Waals surface area (Å²) in [5.74, 6) is 1.37. The average molecular weight is 311 g/mol. The van der Waals surface area contributed by atoms with Gasteiger partial charge in [-0.1, -0.05) is 23.7 Å². The predicted molar refractivity (Wildman–Crippen MR) is 84.8 cm³/mol. The Kier molecular flexibility index (Phi) is 6.33. The minimum atomic E-state index is 0.169. The van der Waals surface area contributed by atoms with Gasteiger partial charge in [-0.2, -0.15) is 0 Å². The Morgan fingerprint density at radius 1 is 1.48 bits per heavy atom. The molecule has 1 aromatic carbocycles. The van der Waals surface area contributed by atoms with Crippen molar-refractivity contribution in [3.8, 4) is 5.75 Å². The van der Waals surface area contributed by atoms with Crippen molar-refractivity contribution in [2.24, 2.45) is 5.92 Å². The van der Waals surface area contributed by atoms with Crippen molar-refractivity contribution < 1.29 is 9.53 Å². The Labute approximate surface area is 131 Å². The third-order valence-electron chi connectivity index (χ3n) is 3.77. The fourth-order valence-corrected chi connectivity index (χ4v) is 2.91. The molecule has 1 fully saturated rings. The molecule has 116 valence electrons. The van der Waals surface area contributed by atoms with Crippen LogP contribution in [0.15, 0.2) is 24.3 Å². The number of rotatable bonds is 6. The topological polar surface area (TPSA) is 41.6 Å². The number of carbonyl (C=O) groups is 1. The lowest BCUT2D eigenvalue weighted by molar-refractivity contribution is -0.133. The second-order valence-corrected chi connectivity index (χ2v) is 5.84. The van der Waals surface area contributed by atoms with Crippen LogP contribution >= 0.6 is 11.6 Å². The summed E-state index contributed by atoms with van der Waals surface area (Å²) < 4.78 is 5.58. The van der Waals surface area contributed by atoms with Crippen molar-refractivity contribution in [3.05, 3.63) is 29.3 Å². The number of likely N-dealkylation sites (tertiary alicyclic amines) is 1. The smallest absolute Gasteiger partial charge is 0.226 e. The van der Waals surface area contributed by atoms with E-state index in [1.165, 1.54) is 6.42 Å². The minimum Gasteiger partial charge on any atom is -0.491 e. The molecule has 2 rings (SSSR count). The number of nitrogens with one attached hydrogen (secondary N) is 1. The number of benzene rings is 1. The van der Waals surface area contributed by atoms with Gasteiger partial charge in [0.2, 0.25) is 5.91 Å². The van der Waals surface area contributed by atoms with E-state index in [0.717, 1.165) is 26.1 Å². The Hall–Kier alpha value is -1.26. The van der Waals surface area contributed by atoms with Gasteiger partial charge in [-0.05, 0) is 44.5 Å². The van der Waals surface area contributed by atoms with Gasteiger partial charge in [0.25, 0.3) is 0 Å². The van der Waals surface area contributed by atoms with Gasteiger partial charge in [-0.3, -0.25) is 4.79 Å². The standard InChI is InChI=1S/C16H23ClN2O2/c1-18-11-13-5-4-9-19(12-13)16(20)8-10-21-15-7-3-2-6-14(15)17/h2-3,6-7,13,18H,4-5,8-12H2,1H3. The van der Waals surface area contributed by atoms with Crippen LogP contribution in [0.5, 0.6) is 5.75 Å². The van der Waals surface area contributed by atoms with Crippen molar-refractivity contribution in [1.29, 1.82) is 0 Å². The highest BCUT2D eigenvalue weighted by Crippen LogP contribution is 2.23. The Morgan fingerprint density at radius 3 is 3.05 bits per heavy atom. The third-order valence-corrected chi connectivity index (χ3v) is 4.09. The molecule has 21 heavy (non-hydrogen) atoms. The van der Waals surface area contributed by atoms with Crippen molar-refractivity contribution in [1.82, 2.24) is 10.2 Å². The fraction of sp³-hybridized carbons (Fsp3) is 0.562. The molecule has 1 atom stereocenters. The number of piperidine rings is 1. The van der Waals surface area contributed by atoms with Gasteiger partial charge in [-0.15, -0.1) is 0 Å². The summed E-state index contributed by atoms with van der Waals surface area (Å²) in [6.07, 6.45) is 2.68. The van der Waals surface area contributed by atoms with Gasteiger partial charge in [0.15, 0.2) is 0 Å². The molecule has 1 saturated heterocycles. The molecule has 1 aromatic rings. The normalized spacial score (nSPS) is 18.6. The van der Waals surface area contributed by atoms with Gasteiger partial charge < -0.3 is 15.0 Å². The molecule has 0 saturated carbocycles. The molecule has 1 aliphatic heterocycles. The van der Waals surface area contributed by atoms with Gasteiger partial charge in [0.1, 0.15) is 5.75 Å². The number of amides is 1. The lowest BCUT2D eigenvalue weighted by Crippen LogP contribution is -2.42. The molecule has 5 heteroatoms. The summed E-state index contributed by atoms with van der Waals surface area (Å²) in [7, 11) is 1.96. The van der Waals surface area contributed by atoms with Crippen LogP contribution in [0.3, 0.4) is 0 Å². The van der Waals surface area contributed by atoms with E-state index in [2.05, 4.69) is 5.32 Å². The number of nitrogens with zero attached hydrogens (tertiary/aromatic N) is 1. The zero-order chi connectivity index (χ0) is 15.1. The Morgan fingerprint density at radius 2 is 2.29 bits per heavy atom. The van der Waals surface area contributed by atoms with E-state index in [1.807, 2.05) is 30.1 Å². The molecule has 0 spiro atoms. The lowest BCUT2D eigenvalue weighted by atomic mass is 9.98. The van der Waals surface area contributed by atoms with Crippen LogP contribution in [-0.2, 0) is 4.79 Å². The highest BCUT2D eigenvalue weighted by atomic mass is 35.5. The number of hydrogen-bond donors (Lipinski definition) is 1. The Bertz CT molecular complexity index is 465. The maximum Gasteiger partial charge on any atom is 0.226 e. The van der Waals surface area contributed by atoms with E-state index >= 15 is 0 Å². The molecule has 0 radical (unpaired) electrons. The molecule has 1 unspecified atom stereocenters. The average Bonchev–Trinajstić information content (AvgIpc) is 2.50. The first-order valence-corrected chi connectivity index (χ1v) is 7.88. The van der Waals surface area contributed by atoms with Crippen molar-refractivity contribution >= 4 is 17.5 Å². The summed E-state index contributed by atoms with van der Waals surface area (Å²) >= 11 is 6.01. The van der Waals surface area contributed by atoms with E-state index in [1.54, 1.807) is 6.07 Å². The summed E-state index contributed by atoms with van der Waals surface area (Å²) in [6, 6.07) is 7.33. The van der Waals surface area contributed by atoms with Crippen LogP contribution in [0.1, 0.15) is 19.3 Å². The molecule has 1 amide bonds. The molecule has 4 nitrogen and oxygen atoms in total. The van der Waals surface area contributed by atoms with E-state index in [0.29, 0.717) is 29.7 Å². The van der Waals surface area contributed by atoms with Crippen LogP contribution in [0, 0.1) is 5.92 Å². The van der Waals surface area contributed by atoms with E-state index < -0.39 is 0 Å². The van der Waals surface area contributed by atoms with E-state index in [4.69, 9.17) is 16.3 Å². The van der Waals surface area contributed by atoms with Gasteiger partial charge in [-0.25, -0.2) is 0 Å². The van der Waals surface area contributed by atoms with E-state index in [9.17, 15) is 4.79 Å². The summed E-state index contributed by atoms with van der Waals surface area (Å²) in [5, 5.41) is 3.77. The zero-order valence-electron chi connectivity index (χ0n) is 12.5. The number of carbonyl (C=O) groups excluding carboxylic acids is 1. The third kappa shape index (κ3) is 4.90. The molecular weight excluding hydrogens is 288 g/mol. The van der Waals surface area contributed by atoms with Crippen LogP contribution in [0.4, 0.5) is 0 Å². The summed E-state index contributed by atoms with van der Waals surface area (Å²) in [4.78, 5) is 14.2. The maximum absolute atomic E-state index is 12.2. The van der Waals surface area contributed by atoms with Crippen LogP contribution in [-0.4, -0.2) is 44.1 Å². The molecular formula is C16H23ClN2O2. The molecule has 0 aromatic heterocycles. The molecule has 0 aliphatic carbocycles. The van der Waals surface area contributed by atoms with Gasteiger partial charge >= 0.3 is 0 Å². The first kappa shape index (κ1) is 16.1. The molecule has 1 heterocycles.